The molecule has 4 heteroatoms. The predicted octanol–water partition coefficient (Wildman–Crippen LogP) is 5.07. The second kappa shape index (κ2) is 5.85. The van der Waals surface area contributed by atoms with Crippen molar-refractivity contribution in [3.63, 3.8) is 0 Å². The van der Waals surface area contributed by atoms with Crippen LogP contribution in [0, 0.1) is 0 Å². The van der Waals surface area contributed by atoms with Gasteiger partial charge in [0.25, 0.3) is 0 Å². The molecule has 1 aliphatic heterocycles. The fraction of sp³-hybridized carbons (Fsp3) is 0.316. The standard InChI is InChI=1S/C19H20O3S/c1-12(10-14-5-7-17(23-14)18(20)21)13-4-6-16-15(11-13)19(2,3)8-9-22-16/h4-7,10-11H,8-9H2,1-3H3,(H,20,21)/b12-10-. The van der Waals surface area contributed by atoms with Gasteiger partial charge in [-0.2, -0.15) is 0 Å². The molecule has 1 aromatic carbocycles. The van der Waals surface area contributed by atoms with Gasteiger partial charge in [0.2, 0.25) is 0 Å². The largest absolute Gasteiger partial charge is 0.493 e. The summed E-state index contributed by atoms with van der Waals surface area (Å²) >= 11 is 1.29. The first-order valence-corrected chi connectivity index (χ1v) is 8.47. The summed E-state index contributed by atoms with van der Waals surface area (Å²) < 4.78 is 5.76. The first-order chi connectivity index (χ1) is 10.9. The fourth-order valence-electron chi connectivity index (χ4n) is 2.82. The highest BCUT2D eigenvalue weighted by molar-refractivity contribution is 7.14. The van der Waals surface area contributed by atoms with E-state index in [2.05, 4.69) is 32.9 Å². The molecule has 0 atom stereocenters. The fourth-order valence-corrected chi connectivity index (χ4v) is 3.67. The van der Waals surface area contributed by atoms with Crippen molar-refractivity contribution in [2.24, 2.45) is 0 Å². The van der Waals surface area contributed by atoms with E-state index in [1.807, 2.05) is 18.2 Å². The summed E-state index contributed by atoms with van der Waals surface area (Å²) in [6.07, 6.45) is 3.05. The van der Waals surface area contributed by atoms with Gasteiger partial charge in [0.15, 0.2) is 0 Å². The second-order valence-corrected chi connectivity index (χ2v) is 7.64. The number of aromatic carboxylic acids is 1. The number of allylic oxidation sites excluding steroid dienone is 1. The van der Waals surface area contributed by atoms with Gasteiger partial charge >= 0.3 is 5.97 Å². The van der Waals surface area contributed by atoms with Crippen LogP contribution < -0.4 is 4.74 Å². The number of ether oxygens (including phenoxy) is 1. The summed E-state index contributed by atoms with van der Waals surface area (Å²) in [4.78, 5) is 12.3. The summed E-state index contributed by atoms with van der Waals surface area (Å²) in [6.45, 7) is 7.31. The lowest BCUT2D eigenvalue weighted by molar-refractivity contribution is 0.0702. The van der Waals surface area contributed by atoms with Crippen LogP contribution in [-0.2, 0) is 5.41 Å². The first-order valence-electron chi connectivity index (χ1n) is 7.66. The summed E-state index contributed by atoms with van der Waals surface area (Å²) in [5.41, 5.74) is 3.62. The smallest absolute Gasteiger partial charge is 0.345 e. The van der Waals surface area contributed by atoms with Gasteiger partial charge in [-0.3, -0.25) is 0 Å². The maximum absolute atomic E-state index is 11.0. The lowest BCUT2D eigenvalue weighted by Gasteiger charge is -2.32. The molecular formula is C19H20O3S. The molecule has 0 amide bonds. The molecule has 0 saturated heterocycles. The first kappa shape index (κ1) is 15.8. The summed E-state index contributed by atoms with van der Waals surface area (Å²) in [6, 6.07) is 9.81. The SMILES string of the molecule is C/C(=C/c1ccc(C(=O)O)s1)c1ccc2c(c1)C(C)(C)CCO2. The normalized spacial score (nSPS) is 16.6. The molecule has 2 heterocycles. The summed E-state index contributed by atoms with van der Waals surface area (Å²) in [7, 11) is 0. The van der Waals surface area contributed by atoms with Crippen molar-refractivity contribution in [2.45, 2.75) is 32.6 Å². The Labute approximate surface area is 140 Å². The van der Waals surface area contributed by atoms with Crippen molar-refractivity contribution in [3.8, 4) is 5.75 Å². The van der Waals surface area contributed by atoms with Crippen LogP contribution in [0.4, 0.5) is 0 Å². The maximum Gasteiger partial charge on any atom is 0.345 e. The van der Waals surface area contributed by atoms with Crippen molar-refractivity contribution in [1.82, 2.24) is 0 Å². The zero-order valence-corrected chi connectivity index (χ0v) is 14.4. The Hall–Kier alpha value is -2.07. The Balaban J connectivity index is 1.94. The lowest BCUT2D eigenvalue weighted by Crippen LogP contribution is -2.26. The molecule has 0 fully saturated rings. The number of carbonyl (C=O) groups is 1. The summed E-state index contributed by atoms with van der Waals surface area (Å²) in [5.74, 6) is 0.0991. The number of benzene rings is 1. The van der Waals surface area contributed by atoms with Crippen molar-refractivity contribution >= 4 is 29.0 Å². The quantitative estimate of drug-likeness (QED) is 0.856. The second-order valence-electron chi connectivity index (χ2n) is 6.53. The molecule has 1 aliphatic rings. The molecule has 2 aromatic rings. The van der Waals surface area contributed by atoms with E-state index in [0.29, 0.717) is 4.88 Å². The van der Waals surface area contributed by atoms with E-state index in [4.69, 9.17) is 9.84 Å². The minimum atomic E-state index is -0.875. The van der Waals surface area contributed by atoms with Gasteiger partial charge < -0.3 is 9.84 Å². The molecule has 0 radical (unpaired) electrons. The predicted molar refractivity (Wildman–Crippen MR) is 94.4 cm³/mol. The Morgan fingerprint density at radius 3 is 2.78 bits per heavy atom. The third-order valence-corrected chi connectivity index (χ3v) is 5.37. The molecule has 0 spiro atoms. The molecule has 3 rings (SSSR count). The molecule has 1 aromatic heterocycles. The van der Waals surface area contributed by atoms with Crippen LogP contribution in [0.1, 0.15) is 52.9 Å². The highest BCUT2D eigenvalue weighted by Gasteiger charge is 2.28. The minimum absolute atomic E-state index is 0.114. The van der Waals surface area contributed by atoms with E-state index in [-0.39, 0.29) is 5.41 Å². The molecule has 1 N–H and O–H groups in total. The van der Waals surface area contributed by atoms with Crippen LogP contribution in [-0.4, -0.2) is 17.7 Å². The third kappa shape index (κ3) is 3.17. The zero-order chi connectivity index (χ0) is 16.6. The number of hydrogen-bond donors (Lipinski definition) is 1. The Morgan fingerprint density at radius 2 is 2.09 bits per heavy atom. The molecule has 0 unspecified atom stereocenters. The third-order valence-electron chi connectivity index (χ3n) is 4.34. The monoisotopic (exact) mass is 328 g/mol. The Morgan fingerprint density at radius 1 is 1.30 bits per heavy atom. The maximum atomic E-state index is 11.0. The van der Waals surface area contributed by atoms with Crippen molar-refractivity contribution in [2.75, 3.05) is 6.61 Å². The highest BCUT2D eigenvalue weighted by atomic mass is 32.1. The van der Waals surface area contributed by atoms with Gasteiger partial charge in [-0.1, -0.05) is 19.9 Å². The van der Waals surface area contributed by atoms with E-state index in [9.17, 15) is 4.79 Å². The number of carboxylic acid groups (broad SMARTS) is 1. The van der Waals surface area contributed by atoms with Gasteiger partial charge in [-0.15, -0.1) is 11.3 Å². The molecular weight excluding hydrogens is 308 g/mol. The van der Waals surface area contributed by atoms with Crippen LogP contribution in [0.3, 0.4) is 0 Å². The number of hydrogen-bond acceptors (Lipinski definition) is 3. The van der Waals surface area contributed by atoms with E-state index < -0.39 is 5.97 Å². The highest BCUT2D eigenvalue weighted by Crippen LogP contribution is 2.39. The van der Waals surface area contributed by atoms with Crippen molar-refractivity contribution < 1.29 is 14.6 Å². The number of carboxylic acids is 1. The van der Waals surface area contributed by atoms with E-state index in [1.165, 1.54) is 16.9 Å². The number of fused-ring (bicyclic) bond motifs is 1. The van der Waals surface area contributed by atoms with Crippen molar-refractivity contribution in [3.05, 3.63) is 51.2 Å². The van der Waals surface area contributed by atoms with Gasteiger partial charge in [-0.05, 0) is 60.2 Å². The molecule has 0 bridgehead atoms. The zero-order valence-electron chi connectivity index (χ0n) is 13.6. The molecule has 0 saturated carbocycles. The van der Waals surface area contributed by atoms with Crippen LogP contribution >= 0.6 is 11.3 Å². The van der Waals surface area contributed by atoms with E-state index >= 15 is 0 Å². The molecule has 0 aliphatic carbocycles. The Bertz CT molecular complexity index is 784. The topological polar surface area (TPSA) is 46.5 Å². The molecule has 3 nitrogen and oxygen atoms in total. The average molecular weight is 328 g/mol. The van der Waals surface area contributed by atoms with Crippen LogP contribution in [0.2, 0.25) is 0 Å². The van der Waals surface area contributed by atoms with E-state index in [1.54, 1.807) is 6.07 Å². The van der Waals surface area contributed by atoms with Gasteiger partial charge in [0.1, 0.15) is 10.6 Å². The van der Waals surface area contributed by atoms with Gasteiger partial charge in [0.05, 0.1) is 6.61 Å². The molecule has 23 heavy (non-hydrogen) atoms. The lowest BCUT2D eigenvalue weighted by atomic mass is 9.79. The van der Waals surface area contributed by atoms with E-state index in [0.717, 1.165) is 34.8 Å². The van der Waals surface area contributed by atoms with Gasteiger partial charge in [-0.25, -0.2) is 4.79 Å². The van der Waals surface area contributed by atoms with Crippen LogP contribution in [0.25, 0.3) is 11.6 Å². The Kier molecular flexibility index (Phi) is 4.02. The van der Waals surface area contributed by atoms with Crippen LogP contribution in [0.15, 0.2) is 30.3 Å². The average Bonchev–Trinajstić information content (AvgIpc) is 2.95. The number of thiophene rings is 1. The number of rotatable bonds is 3. The van der Waals surface area contributed by atoms with Crippen molar-refractivity contribution in [1.29, 1.82) is 0 Å². The minimum Gasteiger partial charge on any atom is -0.493 e. The summed E-state index contributed by atoms with van der Waals surface area (Å²) in [5, 5.41) is 9.02. The van der Waals surface area contributed by atoms with Crippen LogP contribution in [0.5, 0.6) is 5.75 Å². The van der Waals surface area contributed by atoms with Gasteiger partial charge in [0, 0.05) is 10.4 Å². The molecule has 120 valence electrons.